The van der Waals surface area contributed by atoms with E-state index in [0.29, 0.717) is 25.7 Å². The third-order valence-electron chi connectivity index (χ3n) is 3.33. The van der Waals surface area contributed by atoms with Crippen LogP contribution < -0.4 is 5.32 Å². The van der Waals surface area contributed by atoms with Gasteiger partial charge in [-0.1, -0.05) is 29.8 Å². The van der Waals surface area contributed by atoms with Gasteiger partial charge in [-0.2, -0.15) is 0 Å². The fraction of sp³-hybridized carbons (Fsp3) is 0.533. The van der Waals surface area contributed by atoms with Crippen molar-refractivity contribution in [1.82, 2.24) is 4.90 Å². The zero-order chi connectivity index (χ0) is 14.5. The van der Waals surface area contributed by atoms with Crippen LogP contribution >= 0.6 is 15.9 Å². The molecule has 2 rings (SSSR count). The van der Waals surface area contributed by atoms with Crippen molar-refractivity contribution in [2.24, 2.45) is 5.92 Å². The first-order chi connectivity index (χ1) is 9.56. The molecule has 2 amide bonds. The second-order valence-electron chi connectivity index (χ2n) is 5.49. The van der Waals surface area contributed by atoms with Gasteiger partial charge in [0.25, 0.3) is 0 Å². The van der Waals surface area contributed by atoms with Gasteiger partial charge in [0.15, 0.2) is 0 Å². The molecule has 1 atom stereocenters. The predicted octanol–water partition coefficient (Wildman–Crippen LogP) is 3.73. The van der Waals surface area contributed by atoms with E-state index in [1.54, 1.807) is 0 Å². The van der Waals surface area contributed by atoms with Gasteiger partial charge in [-0.15, -0.1) is 0 Å². The molecular formula is C15H21BrN2O2. The van der Waals surface area contributed by atoms with Crippen LogP contribution in [0.3, 0.4) is 0 Å². The molecule has 20 heavy (non-hydrogen) atoms. The number of morpholine rings is 1. The fourth-order valence-corrected chi connectivity index (χ4v) is 2.65. The van der Waals surface area contributed by atoms with E-state index < -0.39 is 0 Å². The minimum absolute atomic E-state index is 0.0405. The molecule has 1 fully saturated rings. The molecule has 1 unspecified atom stereocenters. The maximum atomic E-state index is 12.4. The molecule has 0 aromatic heterocycles. The van der Waals surface area contributed by atoms with Gasteiger partial charge in [-0.05, 0) is 36.6 Å². The highest BCUT2D eigenvalue weighted by atomic mass is 79.9. The first-order valence-electron chi connectivity index (χ1n) is 6.97. The van der Waals surface area contributed by atoms with E-state index in [-0.39, 0.29) is 12.1 Å². The number of rotatable bonds is 3. The van der Waals surface area contributed by atoms with Crippen LogP contribution in [0.25, 0.3) is 0 Å². The normalized spacial score (nSPS) is 19.2. The Morgan fingerprint density at radius 2 is 2.15 bits per heavy atom. The van der Waals surface area contributed by atoms with E-state index >= 15 is 0 Å². The number of amides is 2. The average Bonchev–Trinajstić information content (AvgIpc) is 2.41. The molecule has 4 nitrogen and oxygen atoms in total. The van der Waals surface area contributed by atoms with Crippen LogP contribution in [0.5, 0.6) is 0 Å². The largest absolute Gasteiger partial charge is 0.377 e. The topological polar surface area (TPSA) is 41.6 Å². The molecule has 0 aliphatic carbocycles. The second-order valence-corrected chi connectivity index (χ2v) is 6.40. The number of nitrogens with zero attached hydrogens (tertiary/aromatic N) is 1. The minimum Gasteiger partial charge on any atom is -0.377 e. The van der Waals surface area contributed by atoms with E-state index in [2.05, 4.69) is 35.1 Å². The number of nitrogens with one attached hydrogen (secondary N) is 1. The lowest BCUT2D eigenvalue weighted by molar-refractivity contribution is 0.00857. The van der Waals surface area contributed by atoms with Crippen LogP contribution in [0.15, 0.2) is 28.7 Å². The fourth-order valence-electron chi connectivity index (χ4n) is 2.39. The Morgan fingerprint density at radius 1 is 1.45 bits per heavy atom. The summed E-state index contributed by atoms with van der Waals surface area (Å²) in [5.41, 5.74) is 0.813. The number of halogens is 1. The summed E-state index contributed by atoms with van der Waals surface area (Å²) in [6.07, 6.45) is 0.966. The standard InChI is InChI=1S/C15H21BrN2O2/c1-11(2)9-14-10-20-8-7-18(14)15(19)17-13-5-3-12(16)4-6-13/h3-6,11,14H,7-10H2,1-2H3,(H,17,19). The molecule has 5 heteroatoms. The molecule has 0 radical (unpaired) electrons. The second kappa shape index (κ2) is 7.09. The van der Waals surface area contributed by atoms with Gasteiger partial charge in [-0.25, -0.2) is 4.79 Å². The Labute approximate surface area is 128 Å². The van der Waals surface area contributed by atoms with Crippen molar-refractivity contribution in [3.63, 3.8) is 0 Å². The van der Waals surface area contributed by atoms with Crippen molar-refractivity contribution >= 4 is 27.6 Å². The molecular weight excluding hydrogens is 320 g/mol. The number of carbonyl (C=O) groups excluding carboxylic acids is 1. The molecule has 1 aliphatic heterocycles. The zero-order valence-electron chi connectivity index (χ0n) is 11.9. The van der Waals surface area contributed by atoms with Crippen molar-refractivity contribution in [2.75, 3.05) is 25.1 Å². The third-order valence-corrected chi connectivity index (χ3v) is 3.86. The summed E-state index contributed by atoms with van der Waals surface area (Å²) in [7, 11) is 0. The van der Waals surface area contributed by atoms with Crippen LogP contribution in [0.2, 0.25) is 0 Å². The molecule has 1 aromatic rings. The highest BCUT2D eigenvalue weighted by molar-refractivity contribution is 9.10. The quantitative estimate of drug-likeness (QED) is 0.910. The number of benzene rings is 1. The Kier molecular flexibility index (Phi) is 5.43. The Morgan fingerprint density at radius 3 is 2.80 bits per heavy atom. The molecule has 1 saturated heterocycles. The van der Waals surface area contributed by atoms with E-state index in [1.807, 2.05) is 29.2 Å². The van der Waals surface area contributed by atoms with Crippen molar-refractivity contribution in [3.05, 3.63) is 28.7 Å². The summed E-state index contributed by atoms with van der Waals surface area (Å²) in [6, 6.07) is 7.74. The van der Waals surface area contributed by atoms with Crippen molar-refractivity contribution < 1.29 is 9.53 Å². The zero-order valence-corrected chi connectivity index (χ0v) is 13.5. The van der Waals surface area contributed by atoms with Gasteiger partial charge in [0.05, 0.1) is 19.3 Å². The van der Waals surface area contributed by atoms with Crippen LogP contribution in [-0.4, -0.2) is 36.7 Å². The van der Waals surface area contributed by atoms with Crippen molar-refractivity contribution in [2.45, 2.75) is 26.3 Å². The molecule has 0 saturated carbocycles. The first kappa shape index (κ1) is 15.3. The van der Waals surface area contributed by atoms with Gasteiger partial charge in [-0.3, -0.25) is 0 Å². The van der Waals surface area contributed by atoms with E-state index in [4.69, 9.17) is 4.74 Å². The summed E-state index contributed by atoms with van der Waals surface area (Å²) in [4.78, 5) is 14.3. The predicted molar refractivity (Wildman–Crippen MR) is 83.9 cm³/mol. The van der Waals surface area contributed by atoms with Gasteiger partial charge in [0.1, 0.15) is 0 Å². The lowest BCUT2D eigenvalue weighted by Crippen LogP contribution is -2.50. The number of hydrogen-bond donors (Lipinski definition) is 1. The number of carbonyl (C=O) groups is 1. The molecule has 1 N–H and O–H groups in total. The van der Waals surface area contributed by atoms with Gasteiger partial charge in [0, 0.05) is 16.7 Å². The summed E-state index contributed by atoms with van der Waals surface area (Å²) < 4.78 is 6.50. The monoisotopic (exact) mass is 340 g/mol. The first-order valence-corrected chi connectivity index (χ1v) is 7.76. The van der Waals surface area contributed by atoms with Crippen LogP contribution in [0.4, 0.5) is 10.5 Å². The Hall–Kier alpha value is -1.07. The Bertz CT molecular complexity index is 448. The summed E-state index contributed by atoms with van der Waals surface area (Å²) in [5.74, 6) is 0.546. The van der Waals surface area contributed by atoms with Gasteiger partial charge < -0.3 is 15.0 Å². The SMILES string of the molecule is CC(C)CC1COCCN1C(=O)Nc1ccc(Br)cc1. The van der Waals surface area contributed by atoms with Crippen LogP contribution in [0, 0.1) is 5.92 Å². The van der Waals surface area contributed by atoms with E-state index in [9.17, 15) is 4.79 Å². The summed E-state index contributed by atoms with van der Waals surface area (Å²) >= 11 is 3.39. The minimum atomic E-state index is -0.0405. The smallest absolute Gasteiger partial charge is 0.322 e. The van der Waals surface area contributed by atoms with Crippen molar-refractivity contribution in [3.8, 4) is 0 Å². The van der Waals surface area contributed by atoms with Gasteiger partial charge >= 0.3 is 6.03 Å². The highest BCUT2D eigenvalue weighted by Gasteiger charge is 2.27. The maximum absolute atomic E-state index is 12.4. The Balaban J connectivity index is 2.00. The van der Waals surface area contributed by atoms with E-state index in [1.165, 1.54) is 0 Å². The number of urea groups is 1. The lowest BCUT2D eigenvalue weighted by atomic mass is 10.0. The summed E-state index contributed by atoms with van der Waals surface area (Å²) in [5, 5.41) is 2.95. The van der Waals surface area contributed by atoms with Gasteiger partial charge in [0.2, 0.25) is 0 Å². The van der Waals surface area contributed by atoms with Crippen molar-refractivity contribution in [1.29, 1.82) is 0 Å². The molecule has 0 spiro atoms. The molecule has 0 bridgehead atoms. The average molecular weight is 341 g/mol. The number of ether oxygens (including phenoxy) is 1. The lowest BCUT2D eigenvalue weighted by Gasteiger charge is -2.36. The third kappa shape index (κ3) is 4.21. The van der Waals surface area contributed by atoms with E-state index in [0.717, 1.165) is 16.6 Å². The van der Waals surface area contributed by atoms with Crippen LogP contribution in [0.1, 0.15) is 20.3 Å². The molecule has 110 valence electrons. The number of hydrogen-bond acceptors (Lipinski definition) is 2. The molecule has 1 aromatic carbocycles. The summed E-state index contributed by atoms with van der Waals surface area (Å²) in [6.45, 7) is 6.23. The number of anilines is 1. The van der Waals surface area contributed by atoms with Crippen LogP contribution in [-0.2, 0) is 4.74 Å². The molecule has 1 aliphatic rings. The molecule has 1 heterocycles. The maximum Gasteiger partial charge on any atom is 0.322 e. The highest BCUT2D eigenvalue weighted by Crippen LogP contribution is 2.18.